The molecule has 2 atom stereocenters. The molecular weight excluding hydrogens is 602 g/mol. The molecule has 0 aromatic heterocycles. The number of nitrogens with zero attached hydrogens (tertiary/aromatic N) is 4. The second-order valence-corrected chi connectivity index (χ2v) is 14.0. The number of ether oxygens (including phenoxy) is 2. The molecule has 1 spiro atoms. The molecular formula is C37H42F2N4O4. The minimum absolute atomic E-state index is 0.00696. The van der Waals surface area contributed by atoms with Crippen LogP contribution in [0.3, 0.4) is 0 Å². The van der Waals surface area contributed by atoms with Crippen LogP contribution >= 0.6 is 0 Å². The van der Waals surface area contributed by atoms with Crippen LogP contribution in [-0.4, -0.2) is 59.7 Å². The molecule has 0 bridgehead atoms. The summed E-state index contributed by atoms with van der Waals surface area (Å²) < 4.78 is 41.2. The first-order valence-electron chi connectivity index (χ1n) is 17.1. The van der Waals surface area contributed by atoms with Gasteiger partial charge >= 0.3 is 6.09 Å². The first kappa shape index (κ1) is 32.7. The number of carbonyl (C=O) groups is 2. The van der Waals surface area contributed by atoms with E-state index in [9.17, 15) is 18.4 Å². The van der Waals surface area contributed by atoms with E-state index in [0.29, 0.717) is 49.8 Å². The van der Waals surface area contributed by atoms with Crippen LogP contribution in [0.4, 0.5) is 13.6 Å². The summed E-state index contributed by atoms with van der Waals surface area (Å²) in [4.78, 5) is 29.9. The molecule has 0 N–H and O–H groups in total. The monoisotopic (exact) mass is 644 g/mol. The van der Waals surface area contributed by atoms with E-state index in [0.717, 1.165) is 82.8 Å². The number of rotatable bonds is 7. The third-order valence-electron chi connectivity index (χ3n) is 10.7. The van der Waals surface area contributed by atoms with Crippen molar-refractivity contribution in [1.82, 2.24) is 9.80 Å². The summed E-state index contributed by atoms with van der Waals surface area (Å²) in [6.07, 6.45) is 9.23. The van der Waals surface area contributed by atoms with E-state index in [2.05, 4.69) is 6.07 Å². The fraction of sp³-hybridized carbons (Fsp3) is 0.568. The van der Waals surface area contributed by atoms with Gasteiger partial charge in [0.25, 0.3) is 0 Å². The van der Waals surface area contributed by atoms with Gasteiger partial charge in [-0.1, -0.05) is 12.8 Å². The maximum absolute atomic E-state index is 14.6. The smallest absolute Gasteiger partial charge is 0.410 e. The summed E-state index contributed by atoms with van der Waals surface area (Å²) in [7, 11) is 0. The molecule has 2 saturated heterocycles. The molecule has 2 amide bonds. The highest BCUT2D eigenvalue weighted by atomic mass is 19.1. The lowest BCUT2D eigenvalue weighted by Crippen LogP contribution is -2.57. The maximum Gasteiger partial charge on any atom is 0.410 e. The van der Waals surface area contributed by atoms with Crippen molar-refractivity contribution in [3.8, 4) is 17.9 Å². The van der Waals surface area contributed by atoms with Crippen molar-refractivity contribution in [2.24, 2.45) is 17.8 Å². The van der Waals surface area contributed by atoms with Crippen LogP contribution in [-0.2, 0) is 16.0 Å². The summed E-state index contributed by atoms with van der Waals surface area (Å²) in [6, 6.07) is 13.1. The molecule has 2 aromatic rings. The van der Waals surface area contributed by atoms with Gasteiger partial charge in [-0.15, -0.1) is 0 Å². The minimum atomic E-state index is -0.656. The van der Waals surface area contributed by atoms with E-state index in [-0.39, 0.29) is 41.1 Å². The zero-order valence-corrected chi connectivity index (χ0v) is 26.8. The fourth-order valence-corrected chi connectivity index (χ4v) is 7.97. The van der Waals surface area contributed by atoms with Gasteiger partial charge < -0.3 is 19.3 Å². The number of likely N-dealkylation sites (tertiary alicyclic amines) is 1. The molecule has 248 valence electrons. The zero-order valence-electron chi connectivity index (χ0n) is 26.8. The van der Waals surface area contributed by atoms with Crippen LogP contribution < -0.4 is 4.74 Å². The van der Waals surface area contributed by atoms with Gasteiger partial charge in [-0.25, -0.2) is 13.6 Å². The third kappa shape index (κ3) is 7.70. The number of nitriles is 2. The van der Waals surface area contributed by atoms with Crippen molar-refractivity contribution in [1.29, 1.82) is 10.5 Å². The highest BCUT2D eigenvalue weighted by Gasteiger charge is 2.46. The minimum Gasteiger partial charge on any atom is -0.487 e. The Kier molecular flexibility index (Phi) is 9.96. The molecule has 8 nitrogen and oxygen atoms in total. The predicted octanol–water partition coefficient (Wildman–Crippen LogP) is 6.90. The Labute approximate surface area is 275 Å². The van der Waals surface area contributed by atoms with E-state index < -0.39 is 17.2 Å². The normalized spacial score (nSPS) is 26.7. The summed E-state index contributed by atoms with van der Waals surface area (Å²) in [5.41, 5.74) is 0.112. The lowest BCUT2D eigenvalue weighted by atomic mass is 9.80. The Balaban J connectivity index is 0.936. The summed E-state index contributed by atoms with van der Waals surface area (Å²) in [5.74, 6) is 0.0572. The maximum atomic E-state index is 14.6. The molecule has 2 heterocycles. The second-order valence-electron chi connectivity index (χ2n) is 14.0. The number of carbonyl (C=O) groups excluding carboxylic acids is 2. The first-order valence-corrected chi connectivity index (χ1v) is 17.1. The largest absolute Gasteiger partial charge is 0.487 e. The molecule has 2 aliphatic carbocycles. The lowest BCUT2D eigenvalue weighted by molar-refractivity contribution is -0.145. The molecule has 2 unspecified atom stereocenters. The summed E-state index contributed by atoms with van der Waals surface area (Å²) in [5, 5.41) is 17.9. The topological polar surface area (TPSA) is 107 Å². The van der Waals surface area contributed by atoms with Gasteiger partial charge in [-0.3, -0.25) is 4.79 Å². The Morgan fingerprint density at radius 2 is 1.55 bits per heavy atom. The quantitative estimate of drug-likeness (QED) is 0.325. The SMILES string of the molecule is N#Cc1ccc(OC2CN(C(=O)C3CCC(CN4CC5(CCCCC(Cc6c(F)cc(C#N)cc6F)CCC5)OC4=O)CC3)C2)cc1. The highest BCUT2D eigenvalue weighted by Crippen LogP contribution is 2.39. The molecule has 2 saturated carbocycles. The van der Waals surface area contributed by atoms with Crippen LogP contribution in [0.1, 0.15) is 87.3 Å². The number of hydrogen-bond donors (Lipinski definition) is 0. The third-order valence-corrected chi connectivity index (χ3v) is 10.7. The van der Waals surface area contributed by atoms with Crippen molar-refractivity contribution in [2.75, 3.05) is 26.2 Å². The molecule has 0 radical (unpaired) electrons. The number of benzene rings is 2. The van der Waals surface area contributed by atoms with Gasteiger partial charge in [-0.2, -0.15) is 10.5 Å². The molecule has 47 heavy (non-hydrogen) atoms. The average molecular weight is 645 g/mol. The second kappa shape index (κ2) is 14.3. The molecule has 2 aromatic carbocycles. The Hall–Kier alpha value is -4.18. The van der Waals surface area contributed by atoms with E-state index >= 15 is 0 Å². The predicted molar refractivity (Wildman–Crippen MR) is 169 cm³/mol. The van der Waals surface area contributed by atoms with Gasteiger partial charge in [0.15, 0.2) is 0 Å². The van der Waals surface area contributed by atoms with Gasteiger partial charge in [0.2, 0.25) is 5.91 Å². The molecule has 6 rings (SSSR count). The van der Waals surface area contributed by atoms with Gasteiger partial charge in [0, 0.05) is 18.0 Å². The number of halogens is 2. The zero-order chi connectivity index (χ0) is 33.0. The van der Waals surface area contributed by atoms with Gasteiger partial charge in [-0.05, 0) is 112 Å². The Bertz CT molecular complexity index is 1520. The average Bonchev–Trinajstić information content (AvgIpc) is 3.40. The van der Waals surface area contributed by atoms with Crippen molar-refractivity contribution in [3.05, 3.63) is 64.7 Å². The van der Waals surface area contributed by atoms with Crippen LogP contribution in [0, 0.1) is 52.1 Å². The molecule has 10 heteroatoms. The van der Waals surface area contributed by atoms with Gasteiger partial charge in [0.1, 0.15) is 29.1 Å². The summed E-state index contributed by atoms with van der Waals surface area (Å²) >= 11 is 0. The first-order chi connectivity index (χ1) is 22.7. The van der Waals surface area contributed by atoms with Crippen LogP contribution in [0.5, 0.6) is 5.75 Å². The van der Waals surface area contributed by atoms with E-state index in [1.54, 1.807) is 30.3 Å². The van der Waals surface area contributed by atoms with Crippen LogP contribution in [0.2, 0.25) is 0 Å². The number of hydrogen-bond acceptors (Lipinski definition) is 6. The van der Waals surface area contributed by atoms with Crippen molar-refractivity contribution in [2.45, 2.75) is 88.8 Å². The Morgan fingerprint density at radius 3 is 2.23 bits per heavy atom. The Morgan fingerprint density at radius 1 is 0.894 bits per heavy atom. The van der Waals surface area contributed by atoms with Crippen molar-refractivity contribution >= 4 is 12.0 Å². The fourth-order valence-electron chi connectivity index (χ4n) is 7.97. The lowest BCUT2D eigenvalue weighted by Gasteiger charge is -2.42. The highest BCUT2D eigenvalue weighted by molar-refractivity contribution is 5.80. The van der Waals surface area contributed by atoms with Crippen molar-refractivity contribution < 1.29 is 27.8 Å². The summed E-state index contributed by atoms with van der Waals surface area (Å²) in [6.45, 7) is 2.36. The molecule has 2 aliphatic heterocycles. The molecule has 4 aliphatic rings. The van der Waals surface area contributed by atoms with Gasteiger partial charge in [0.05, 0.1) is 42.9 Å². The van der Waals surface area contributed by atoms with Crippen molar-refractivity contribution in [3.63, 3.8) is 0 Å². The standard InChI is InChI=1S/C37H42F2N4O4/c38-33-17-28(20-41)18-34(39)32(33)16-25-4-1-2-14-37(15-3-5-25)24-43(36(45)47-37)21-27-6-10-29(11-7-27)35(44)42-22-31(23-42)46-30-12-8-26(19-40)9-13-30/h8-9,12-13,17-18,25,27,29,31H,1-7,10-11,14-16,21-24H2. The number of amides is 2. The van der Waals surface area contributed by atoms with E-state index in [1.807, 2.05) is 9.80 Å². The van der Waals surface area contributed by atoms with E-state index in [4.69, 9.17) is 20.0 Å². The van der Waals surface area contributed by atoms with Crippen LogP contribution in [0.25, 0.3) is 0 Å². The molecule has 4 fully saturated rings. The van der Waals surface area contributed by atoms with Crippen LogP contribution in [0.15, 0.2) is 36.4 Å². The van der Waals surface area contributed by atoms with E-state index in [1.165, 1.54) is 0 Å².